The van der Waals surface area contributed by atoms with Crippen LogP contribution in [0.2, 0.25) is 0 Å². The summed E-state index contributed by atoms with van der Waals surface area (Å²) in [4.78, 5) is 11.6. The molecule has 0 rings (SSSR count). The Balaban J connectivity index is 4.63. The first-order valence-corrected chi connectivity index (χ1v) is 5.39. The van der Waals surface area contributed by atoms with Crippen molar-refractivity contribution in [3.8, 4) is 0 Å². The third-order valence-corrected chi connectivity index (χ3v) is 3.28. The average molecular weight is 200 g/mol. The van der Waals surface area contributed by atoms with Gasteiger partial charge in [0.2, 0.25) is 0 Å². The van der Waals surface area contributed by atoms with Gasteiger partial charge in [0.1, 0.15) is 0 Å². The van der Waals surface area contributed by atoms with Gasteiger partial charge in [0.05, 0.1) is 12.5 Å². The van der Waals surface area contributed by atoms with Crippen LogP contribution in [0.5, 0.6) is 0 Å². The number of carbonyl (C=O) groups excluding carboxylic acids is 1. The standard InChI is InChI=1S/C12H24O2/c1-7-11(3,4)9-12(5,8-2)10(13)14-6/h7-9H2,1-6H3. The van der Waals surface area contributed by atoms with E-state index in [0.717, 1.165) is 19.3 Å². The fraction of sp³-hybridized carbons (Fsp3) is 0.917. The maximum atomic E-state index is 11.6. The second kappa shape index (κ2) is 4.81. The fourth-order valence-corrected chi connectivity index (χ4v) is 1.77. The summed E-state index contributed by atoms with van der Waals surface area (Å²) in [6.07, 6.45) is 2.81. The monoisotopic (exact) mass is 200 g/mol. The molecule has 2 heteroatoms. The van der Waals surface area contributed by atoms with E-state index in [0.29, 0.717) is 0 Å². The molecular formula is C12H24O2. The molecule has 0 N–H and O–H groups in total. The van der Waals surface area contributed by atoms with Gasteiger partial charge in [0.15, 0.2) is 0 Å². The minimum absolute atomic E-state index is 0.0819. The van der Waals surface area contributed by atoms with Crippen molar-refractivity contribution < 1.29 is 9.53 Å². The van der Waals surface area contributed by atoms with Crippen LogP contribution in [0, 0.1) is 10.8 Å². The Morgan fingerprint density at radius 2 is 1.64 bits per heavy atom. The molecule has 1 atom stereocenters. The Kier molecular flexibility index (Phi) is 4.63. The van der Waals surface area contributed by atoms with E-state index in [4.69, 9.17) is 4.74 Å². The summed E-state index contributed by atoms with van der Waals surface area (Å²) in [5, 5.41) is 0. The zero-order valence-corrected chi connectivity index (χ0v) is 10.4. The molecule has 0 spiro atoms. The van der Waals surface area contributed by atoms with Crippen molar-refractivity contribution in [2.24, 2.45) is 10.8 Å². The first-order valence-electron chi connectivity index (χ1n) is 5.39. The molecule has 0 aliphatic rings. The molecule has 84 valence electrons. The zero-order valence-electron chi connectivity index (χ0n) is 10.4. The molecule has 0 aliphatic heterocycles. The van der Waals surface area contributed by atoms with E-state index in [1.807, 2.05) is 13.8 Å². The lowest BCUT2D eigenvalue weighted by atomic mass is 9.71. The normalized spacial score (nSPS) is 16.1. The number of esters is 1. The van der Waals surface area contributed by atoms with Gasteiger partial charge in [-0.05, 0) is 25.2 Å². The lowest BCUT2D eigenvalue weighted by Crippen LogP contribution is -2.33. The average Bonchev–Trinajstić information content (AvgIpc) is 2.15. The van der Waals surface area contributed by atoms with Crippen LogP contribution in [0.25, 0.3) is 0 Å². The first kappa shape index (κ1) is 13.5. The highest BCUT2D eigenvalue weighted by Crippen LogP contribution is 2.39. The van der Waals surface area contributed by atoms with Gasteiger partial charge < -0.3 is 4.74 Å². The van der Waals surface area contributed by atoms with Crippen molar-refractivity contribution in [2.75, 3.05) is 7.11 Å². The van der Waals surface area contributed by atoms with Crippen molar-refractivity contribution in [3.63, 3.8) is 0 Å². The second-order valence-electron chi connectivity index (χ2n) is 5.10. The highest BCUT2D eigenvalue weighted by molar-refractivity contribution is 5.76. The molecule has 0 bridgehead atoms. The number of methoxy groups -OCH3 is 1. The summed E-state index contributed by atoms with van der Waals surface area (Å²) in [5.41, 5.74) is -0.118. The highest BCUT2D eigenvalue weighted by Gasteiger charge is 2.37. The highest BCUT2D eigenvalue weighted by atomic mass is 16.5. The number of rotatable bonds is 5. The Morgan fingerprint density at radius 1 is 1.14 bits per heavy atom. The molecule has 14 heavy (non-hydrogen) atoms. The zero-order chi connectivity index (χ0) is 11.4. The van der Waals surface area contributed by atoms with Gasteiger partial charge in [0.25, 0.3) is 0 Å². The molecule has 0 aliphatic carbocycles. The molecule has 0 aromatic carbocycles. The van der Waals surface area contributed by atoms with Crippen LogP contribution in [-0.4, -0.2) is 13.1 Å². The van der Waals surface area contributed by atoms with Crippen LogP contribution in [0.15, 0.2) is 0 Å². The number of hydrogen-bond acceptors (Lipinski definition) is 2. The maximum Gasteiger partial charge on any atom is 0.311 e. The van der Waals surface area contributed by atoms with Gasteiger partial charge in [-0.1, -0.05) is 34.1 Å². The number of hydrogen-bond donors (Lipinski definition) is 0. The lowest BCUT2D eigenvalue weighted by molar-refractivity contribution is -0.154. The SMILES string of the molecule is CCC(C)(C)CC(C)(CC)C(=O)OC. The molecule has 0 saturated heterocycles. The van der Waals surface area contributed by atoms with E-state index in [1.54, 1.807) is 0 Å². The lowest BCUT2D eigenvalue weighted by Gasteiger charge is -2.34. The van der Waals surface area contributed by atoms with Crippen LogP contribution in [0.1, 0.15) is 53.9 Å². The fourth-order valence-electron chi connectivity index (χ4n) is 1.77. The van der Waals surface area contributed by atoms with Crippen molar-refractivity contribution >= 4 is 5.97 Å². The Bertz CT molecular complexity index is 196. The molecule has 0 aromatic rings. The van der Waals surface area contributed by atoms with Crippen LogP contribution >= 0.6 is 0 Å². The van der Waals surface area contributed by atoms with Gasteiger partial charge in [-0.15, -0.1) is 0 Å². The first-order chi connectivity index (χ1) is 6.31. The van der Waals surface area contributed by atoms with E-state index in [1.165, 1.54) is 7.11 Å². The molecule has 0 aromatic heterocycles. The third kappa shape index (κ3) is 3.32. The molecular weight excluding hydrogens is 176 g/mol. The van der Waals surface area contributed by atoms with Crippen molar-refractivity contribution in [1.29, 1.82) is 0 Å². The minimum atomic E-state index is -0.325. The van der Waals surface area contributed by atoms with E-state index in [2.05, 4.69) is 20.8 Å². The Labute approximate surface area is 88.0 Å². The van der Waals surface area contributed by atoms with Crippen molar-refractivity contribution in [2.45, 2.75) is 53.9 Å². The summed E-state index contributed by atoms with van der Waals surface area (Å²) in [5.74, 6) is -0.0819. The third-order valence-electron chi connectivity index (χ3n) is 3.28. The van der Waals surface area contributed by atoms with Crippen LogP contribution in [0.3, 0.4) is 0 Å². The molecule has 0 saturated carbocycles. The summed E-state index contributed by atoms with van der Waals surface area (Å²) in [6, 6.07) is 0. The van der Waals surface area contributed by atoms with Gasteiger partial charge in [-0.25, -0.2) is 0 Å². The Hall–Kier alpha value is -0.530. The van der Waals surface area contributed by atoms with Crippen LogP contribution < -0.4 is 0 Å². The van der Waals surface area contributed by atoms with Gasteiger partial charge >= 0.3 is 5.97 Å². The van der Waals surface area contributed by atoms with Crippen LogP contribution in [-0.2, 0) is 9.53 Å². The van der Waals surface area contributed by atoms with Gasteiger partial charge in [0, 0.05) is 0 Å². The number of carbonyl (C=O) groups is 1. The second-order valence-corrected chi connectivity index (χ2v) is 5.10. The predicted molar refractivity (Wildman–Crippen MR) is 59.1 cm³/mol. The van der Waals surface area contributed by atoms with Crippen LogP contribution in [0.4, 0.5) is 0 Å². The van der Waals surface area contributed by atoms with Crippen molar-refractivity contribution in [3.05, 3.63) is 0 Å². The summed E-state index contributed by atoms with van der Waals surface area (Å²) in [6.45, 7) is 10.6. The summed E-state index contributed by atoms with van der Waals surface area (Å²) in [7, 11) is 1.47. The minimum Gasteiger partial charge on any atom is -0.469 e. The summed E-state index contributed by atoms with van der Waals surface area (Å²) < 4.78 is 4.86. The molecule has 0 radical (unpaired) electrons. The molecule has 1 unspecified atom stereocenters. The molecule has 2 nitrogen and oxygen atoms in total. The largest absolute Gasteiger partial charge is 0.469 e. The quantitative estimate of drug-likeness (QED) is 0.636. The van der Waals surface area contributed by atoms with Crippen molar-refractivity contribution in [1.82, 2.24) is 0 Å². The van der Waals surface area contributed by atoms with Gasteiger partial charge in [-0.2, -0.15) is 0 Å². The predicted octanol–water partition coefficient (Wildman–Crippen LogP) is 3.40. The summed E-state index contributed by atoms with van der Waals surface area (Å²) >= 11 is 0. The molecule has 0 fully saturated rings. The van der Waals surface area contributed by atoms with Gasteiger partial charge in [-0.3, -0.25) is 4.79 Å². The van der Waals surface area contributed by atoms with E-state index < -0.39 is 0 Å². The van der Waals surface area contributed by atoms with E-state index in [-0.39, 0.29) is 16.8 Å². The topological polar surface area (TPSA) is 26.3 Å². The molecule has 0 heterocycles. The molecule has 0 amide bonds. The smallest absolute Gasteiger partial charge is 0.311 e. The van der Waals surface area contributed by atoms with E-state index in [9.17, 15) is 4.79 Å². The maximum absolute atomic E-state index is 11.6. The Morgan fingerprint density at radius 3 is 1.93 bits per heavy atom. The van der Waals surface area contributed by atoms with E-state index >= 15 is 0 Å². The number of ether oxygens (including phenoxy) is 1.